The molecule has 0 saturated heterocycles. The number of rotatable bonds is 2. The molecule has 62 valence electrons. The van der Waals surface area contributed by atoms with Gasteiger partial charge in [0.25, 0.3) is 0 Å². The van der Waals surface area contributed by atoms with Crippen LogP contribution in [0.25, 0.3) is 5.13 Å². The second-order valence-electron chi connectivity index (χ2n) is 2.37. The molecule has 12 heavy (non-hydrogen) atoms. The maximum Gasteiger partial charge on any atom is 0.193 e. The zero-order valence-corrected chi connectivity index (χ0v) is 7.16. The van der Waals surface area contributed by atoms with Gasteiger partial charge in [-0.2, -0.15) is 0 Å². The molecule has 0 amide bonds. The first kappa shape index (κ1) is 7.52. The van der Waals surface area contributed by atoms with Crippen molar-refractivity contribution in [2.24, 2.45) is 0 Å². The van der Waals surface area contributed by atoms with Crippen molar-refractivity contribution < 1.29 is 5.11 Å². The fraction of sp³-hybridized carbons (Fsp3) is 0.125. The minimum Gasteiger partial charge on any atom is -0.390 e. The lowest BCUT2D eigenvalue weighted by molar-refractivity contribution is 0.277. The van der Waals surface area contributed by atoms with Crippen molar-refractivity contribution in [1.82, 2.24) is 9.55 Å². The van der Waals surface area contributed by atoms with E-state index in [-0.39, 0.29) is 6.61 Å². The van der Waals surface area contributed by atoms with E-state index in [2.05, 4.69) is 4.98 Å². The van der Waals surface area contributed by atoms with Crippen LogP contribution < -0.4 is 0 Å². The van der Waals surface area contributed by atoms with Crippen molar-refractivity contribution >= 4 is 11.3 Å². The quantitative estimate of drug-likeness (QED) is 0.759. The van der Waals surface area contributed by atoms with Gasteiger partial charge >= 0.3 is 0 Å². The molecule has 0 aliphatic heterocycles. The van der Waals surface area contributed by atoms with Crippen LogP contribution in [0.3, 0.4) is 0 Å². The molecule has 0 aliphatic carbocycles. The summed E-state index contributed by atoms with van der Waals surface area (Å²) in [6.45, 7) is 0.0117. The topological polar surface area (TPSA) is 38.0 Å². The predicted molar refractivity (Wildman–Crippen MR) is 47.4 cm³/mol. The van der Waals surface area contributed by atoms with Crippen molar-refractivity contribution in [1.29, 1.82) is 0 Å². The van der Waals surface area contributed by atoms with E-state index < -0.39 is 0 Å². The van der Waals surface area contributed by atoms with Crippen LogP contribution in [-0.4, -0.2) is 14.7 Å². The highest BCUT2D eigenvalue weighted by Gasteiger charge is 2.00. The fourth-order valence-corrected chi connectivity index (χ4v) is 1.73. The van der Waals surface area contributed by atoms with Crippen molar-refractivity contribution in [3.05, 3.63) is 35.6 Å². The van der Waals surface area contributed by atoms with Crippen LogP contribution >= 0.6 is 11.3 Å². The van der Waals surface area contributed by atoms with Crippen LogP contribution in [0.1, 0.15) is 5.69 Å². The third-order valence-electron chi connectivity index (χ3n) is 1.53. The summed E-state index contributed by atoms with van der Waals surface area (Å²) in [5.41, 5.74) is 0.726. The number of aromatic nitrogens is 2. The first-order valence-corrected chi connectivity index (χ1v) is 4.47. The van der Waals surface area contributed by atoms with E-state index >= 15 is 0 Å². The molecule has 0 spiro atoms. The molecule has 0 unspecified atom stereocenters. The van der Waals surface area contributed by atoms with E-state index in [0.717, 1.165) is 10.8 Å². The molecule has 0 aromatic carbocycles. The van der Waals surface area contributed by atoms with Gasteiger partial charge in [0.05, 0.1) is 12.3 Å². The van der Waals surface area contributed by atoms with Crippen LogP contribution in [0.4, 0.5) is 0 Å². The number of aliphatic hydroxyl groups excluding tert-OH is 1. The van der Waals surface area contributed by atoms with E-state index in [9.17, 15) is 0 Å². The molecule has 0 bridgehead atoms. The zero-order valence-electron chi connectivity index (χ0n) is 6.34. The summed E-state index contributed by atoms with van der Waals surface area (Å²) in [7, 11) is 0. The summed E-state index contributed by atoms with van der Waals surface area (Å²) < 4.78 is 1.92. The molecular formula is C8H8N2OS. The number of nitrogens with zero attached hydrogens (tertiary/aromatic N) is 2. The monoisotopic (exact) mass is 180 g/mol. The summed E-state index contributed by atoms with van der Waals surface area (Å²) in [6, 6.07) is 3.89. The highest BCUT2D eigenvalue weighted by molar-refractivity contribution is 7.12. The molecule has 0 saturated carbocycles. The molecular weight excluding hydrogens is 172 g/mol. The molecule has 3 nitrogen and oxygen atoms in total. The van der Waals surface area contributed by atoms with Gasteiger partial charge in [-0.05, 0) is 12.1 Å². The standard InChI is InChI=1S/C8H8N2OS/c11-5-7-6-12-8(9-7)10-3-1-2-4-10/h1-4,6,11H,5H2. The first-order valence-electron chi connectivity index (χ1n) is 3.59. The summed E-state index contributed by atoms with van der Waals surface area (Å²) in [5.74, 6) is 0. The summed E-state index contributed by atoms with van der Waals surface area (Å²) in [5, 5.41) is 11.5. The highest BCUT2D eigenvalue weighted by atomic mass is 32.1. The minimum atomic E-state index is 0.0117. The zero-order chi connectivity index (χ0) is 8.39. The molecule has 2 aromatic rings. The highest BCUT2D eigenvalue weighted by Crippen LogP contribution is 2.14. The van der Waals surface area contributed by atoms with Crippen LogP contribution in [-0.2, 0) is 6.61 Å². The van der Waals surface area contributed by atoms with Gasteiger partial charge in [0.1, 0.15) is 0 Å². The summed E-state index contributed by atoms with van der Waals surface area (Å²) in [6.07, 6.45) is 3.86. The van der Waals surface area contributed by atoms with Gasteiger partial charge in [-0.25, -0.2) is 4.98 Å². The van der Waals surface area contributed by atoms with Gasteiger partial charge in [0.15, 0.2) is 5.13 Å². The second-order valence-corrected chi connectivity index (χ2v) is 3.21. The summed E-state index contributed by atoms with van der Waals surface area (Å²) >= 11 is 1.52. The van der Waals surface area contributed by atoms with Crippen molar-refractivity contribution in [3.63, 3.8) is 0 Å². The normalized spacial score (nSPS) is 10.4. The molecule has 0 atom stereocenters. The van der Waals surface area contributed by atoms with Gasteiger partial charge in [-0.1, -0.05) is 0 Å². The largest absolute Gasteiger partial charge is 0.390 e. The van der Waals surface area contributed by atoms with E-state index in [1.165, 1.54) is 11.3 Å². The van der Waals surface area contributed by atoms with Crippen LogP contribution in [0.15, 0.2) is 29.9 Å². The smallest absolute Gasteiger partial charge is 0.193 e. The molecule has 4 heteroatoms. The lowest BCUT2D eigenvalue weighted by Gasteiger charge is -1.93. The average Bonchev–Trinajstić information content (AvgIpc) is 2.75. The SMILES string of the molecule is OCc1csc(-n2cccc2)n1. The Morgan fingerprint density at radius 2 is 2.17 bits per heavy atom. The molecule has 2 aromatic heterocycles. The molecule has 0 aliphatic rings. The first-order chi connectivity index (χ1) is 5.90. The van der Waals surface area contributed by atoms with Crippen molar-refractivity contribution in [2.75, 3.05) is 0 Å². The van der Waals surface area contributed by atoms with E-state index in [1.807, 2.05) is 34.5 Å². The lowest BCUT2D eigenvalue weighted by atomic mass is 10.5. The Hall–Kier alpha value is -1.13. The van der Waals surface area contributed by atoms with E-state index in [1.54, 1.807) is 0 Å². The third kappa shape index (κ3) is 1.26. The van der Waals surface area contributed by atoms with E-state index in [0.29, 0.717) is 0 Å². The number of aliphatic hydroxyl groups is 1. The third-order valence-corrected chi connectivity index (χ3v) is 2.43. The Morgan fingerprint density at radius 1 is 1.42 bits per heavy atom. The Bertz CT molecular complexity index is 353. The maximum atomic E-state index is 8.78. The molecule has 1 N–H and O–H groups in total. The second kappa shape index (κ2) is 3.08. The van der Waals surface area contributed by atoms with Crippen molar-refractivity contribution in [2.45, 2.75) is 6.61 Å². The number of thiazole rings is 1. The van der Waals surface area contributed by atoms with Gasteiger partial charge in [-0.15, -0.1) is 11.3 Å². The average molecular weight is 180 g/mol. The molecule has 0 radical (unpaired) electrons. The lowest BCUT2D eigenvalue weighted by Crippen LogP contribution is -1.89. The van der Waals surface area contributed by atoms with Crippen LogP contribution in [0, 0.1) is 0 Å². The van der Waals surface area contributed by atoms with E-state index in [4.69, 9.17) is 5.11 Å². The Balaban J connectivity index is 2.35. The van der Waals surface area contributed by atoms with Crippen LogP contribution in [0.5, 0.6) is 0 Å². The Labute approximate surface area is 73.9 Å². The Kier molecular flexibility index (Phi) is 1.93. The number of hydrogen-bond donors (Lipinski definition) is 1. The Morgan fingerprint density at radius 3 is 2.75 bits per heavy atom. The van der Waals surface area contributed by atoms with Crippen LogP contribution in [0.2, 0.25) is 0 Å². The van der Waals surface area contributed by atoms with Gasteiger partial charge in [-0.3, -0.25) is 0 Å². The molecule has 2 heterocycles. The fourth-order valence-electron chi connectivity index (χ4n) is 0.950. The van der Waals surface area contributed by atoms with Crippen molar-refractivity contribution in [3.8, 4) is 5.13 Å². The molecule has 0 fully saturated rings. The van der Waals surface area contributed by atoms with Gasteiger partial charge in [0, 0.05) is 17.8 Å². The maximum absolute atomic E-state index is 8.78. The summed E-state index contributed by atoms with van der Waals surface area (Å²) in [4.78, 5) is 4.20. The minimum absolute atomic E-state index is 0.0117. The van der Waals surface area contributed by atoms with Gasteiger partial charge < -0.3 is 9.67 Å². The molecule has 2 rings (SSSR count). The van der Waals surface area contributed by atoms with Gasteiger partial charge in [0.2, 0.25) is 0 Å². The number of hydrogen-bond acceptors (Lipinski definition) is 3. The predicted octanol–water partition coefficient (Wildman–Crippen LogP) is 1.43.